The van der Waals surface area contributed by atoms with Gasteiger partial charge in [0.1, 0.15) is 0 Å². The van der Waals surface area contributed by atoms with E-state index in [1.54, 1.807) is 12.1 Å². The summed E-state index contributed by atoms with van der Waals surface area (Å²) in [5, 5.41) is 0.719. The van der Waals surface area contributed by atoms with Crippen LogP contribution in [0.25, 0.3) is 98.2 Å². The molecule has 4 aromatic heterocycles. The second-order valence-corrected chi connectivity index (χ2v) is 12.7. The highest BCUT2D eigenvalue weighted by Gasteiger charge is 2.22. The summed E-state index contributed by atoms with van der Waals surface area (Å²) in [4.78, 5) is 14.7. The van der Waals surface area contributed by atoms with Gasteiger partial charge < -0.3 is 0 Å². The molecule has 5 nitrogen and oxygen atoms in total. The Hall–Kier alpha value is -6.63. The number of benzene rings is 7. The first-order chi connectivity index (χ1) is 32.0. The number of nitrogens with zero attached hydrogens (tertiary/aromatic N) is 5. The molecule has 0 unspecified atom stereocenters. The van der Waals surface area contributed by atoms with Gasteiger partial charge in [-0.3, -0.25) is 9.13 Å². The topological polar surface area (TPSA) is 48.5 Å². The standard InChI is InChI=1S/C45H27N5S/c1-2-14-28(15-3-1)29-20-13-27-40-41(29)34-21-12-22-35(42(34)51-40)43-46-44(49-36-23-8-4-16-30(36)31-17-5-9-24-37(31)49)48-45(47-43)50-38-25-10-6-18-32(38)33-19-7-11-26-39(33)50/h1-27H/i4D,5D,6D,7D,8D,9D,10D,11D,16D,17D,18D,19D,23D,24D,25D,26D. The molecule has 0 radical (unpaired) electrons. The fourth-order valence-corrected chi connectivity index (χ4v) is 8.04. The van der Waals surface area contributed by atoms with Crippen LogP contribution in [-0.4, -0.2) is 24.1 Å². The number of rotatable bonds is 4. The predicted molar refractivity (Wildman–Crippen MR) is 212 cm³/mol. The third-order valence-electron chi connectivity index (χ3n) is 8.93. The van der Waals surface area contributed by atoms with Gasteiger partial charge in [0.2, 0.25) is 11.9 Å². The lowest BCUT2D eigenvalue weighted by atomic mass is 9.99. The van der Waals surface area contributed by atoms with E-state index in [9.17, 15) is 5.48 Å². The highest BCUT2D eigenvalue weighted by molar-refractivity contribution is 7.26. The molecule has 11 aromatic rings. The monoisotopic (exact) mass is 685 g/mol. The Morgan fingerprint density at radius 2 is 0.941 bits per heavy atom. The van der Waals surface area contributed by atoms with Crippen LogP contribution < -0.4 is 0 Å². The molecular weight excluding hydrogens is 643 g/mol. The van der Waals surface area contributed by atoms with Gasteiger partial charge in [-0.1, -0.05) is 127 Å². The molecule has 0 bridgehead atoms. The van der Waals surface area contributed by atoms with E-state index < -0.39 is 109 Å². The van der Waals surface area contributed by atoms with Crippen LogP contribution in [0.15, 0.2) is 163 Å². The van der Waals surface area contributed by atoms with Crippen LogP contribution >= 0.6 is 11.3 Å². The molecule has 0 N–H and O–H groups in total. The van der Waals surface area contributed by atoms with E-state index in [-0.39, 0.29) is 49.4 Å². The summed E-state index contributed by atoms with van der Waals surface area (Å²) in [5.74, 6) is -1.00. The second kappa shape index (κ2) is 10.9. The van der Waals surface area contributed by atoms with E-state index in [2.05, 4.69) is 0 Å². The maximum Gasteiger partial charge on any atom is 0.240 e. The van der Waals surface area contributed by atoms with Gasteiger partial charge >= 0.3 is 0 Å². The van der Waals surface area contributed by atoms with E-state index >= 15 is 0 Å². The number of hydrogen-bond acceptors (Lipinski definition) is 4. The molecule has 0 saturated carbocycles. The van der Waals surface area contributed by atoms with Crippen LogP contribution in [0.3, 0.4) is 0 Å². The number of aromatic nitrogens is 5. The minimum absolute atomic E-state index is 0.105. The van der Waals surface area contributed by atoms with Crippen molar-refractivity contribution in [1.82, 2.24) is 24.1 Å². The SMILES string of the molecule is [2H]c1c([2H])c([2H])c2c(c1[2H])c1c([2H])c([2H])c([2H])c([2H])c1n2-c1nc(-c2cccc3c2sc2cccc(-c4ccccc4)c23)nc(-n2c3c([2H])c([2H])c([2H])c([2H])c3c3c([2H])c([2H])c([2H])c([2H])c32)n1. The van der Waals surface area contributed by atoms with Crippen molar-refractivity contribution in [2.24, 2.45) is 0 Å². The molecule has 51 heavy (non-hydrogen) atoms. The molecule has 6 heteroatoms. The van der Waals surface area contributed by atoms with Gasteiger partial charge in [0.25, 0.3) is 0 Å². The minimum atomic E-state index is -0.690. The molecule has 0 atom stereocenters. The van der Waals surface area contributed by atoms with Crippen LogP contribution in [0.5, 0.6) is 0 Å². The average molecular weight is 686 g/mol. The van der Waals surface area contributed by atoms with E-state index in [0.29, 0.717) is 10.3 Å². The zero-order valence-corrected chi connectivity index (χ0v) is 26.8. The predicted octanol–water partition coefficient (Wildman–Crippen LogP) is 11.8. The Bertz CT molecular complexity index is 3740. The largest absolute Gasteiger partial charge is 0.278 e. The first kappa shape index (κ1) is 16.9. The lowest BCUT2D eigenvalue weighted by Crippen LogP contribution is -2.10. The summed E-state index contributed by atoms with van der Waals surface area (Å²) >= 11 is 1.42. The lowest BCUT2D eigenvalue weighted by Gasteiger charge is -2.13. The molecular formula is C45H27N5S. The van der Waals surface area contributed by atoms with E-state index in [1.807, 2.05) is 54.6 Å². The van der Waals surface area contributed by atoms with Crippen molar-refractivity contribution in [1.29, 1.82) is 0 Å². The van der Waals surface area contributed by atoms with Gasteiger partial charge in [-0.05, 0) is 47.4 Å². The fraction of sp³-hybridized carbons (Fsp3) is 0. The Morgan fingerprint density at radius 1 is 0.451 bits per heavy atom. The van der Waals surface area contributed by atoms with Crippen LogP contribution in [-0.2, 0) is 0 Å². The molecule has 11 rings (SSSR count). The highest BCUT2D eigenvalue weighted by Crippen LogP contribution is 2.44. The number of fused-ring (bicyclic) bond motifs is 9. The minimum Gasteiger partial charge on any atom is -0.278 e. The van der Waals surface area contributed by atoms with Gasteiger partial charge in [-0.25, -0.2) is 0 Å². The van der Waals surface area contributed by atoms with Gasteiger partial charge in [-0.15, -0.1) is 11.3 Å². The van der Waals surface area contributed by atoms with Crippen LogP contribution in [0.4, 0.5) is 0 Å². The maximum atomic E-state index is 9.20. The van der Waals surface area contributed by atoms with Gasteiger partial charge in [0.05, 0.1) is 44.0 Å². The Balaban J connectivity index is 1.37. The second-order valence-electron chi connectivity index (χ2n) is 11.7. The smallest absolute Gasteiger partial charge is 0.240 e. The Morgan fingerprint density at radius 3 is 1.49 bits per heavy atom. The van der Waals surface area contributed by atoms with Crippen molar-refractivity contribution in [2.45, 2.75) is 0 Å². The van der Waals surface area contributed by atoms with Crippen LogP contribution in [0.2, 0.25) is 0 Å². The third-order valence-corrected chi connectivity index (χ3v) is 10.1. The average Bonchev–Trinajstić information content (AvgIpc) is 4.03. The summed E-state index contributed by atoms with van der Waals surface area (Å²) in [6.45, 7) is 0. The molecule has 0 amide bonds. The zero-order chi connectivity index (χ0) is 47.4. The molecule has 0 saturated heterocycles. The normalized spacial score (nSPS) is 16.3. The summed E-state index contributed by atoms with van der Waals surface area (Å²) in [7, 11) is 0. The number of hydrogen-bond donors (Lipinski definition) is 0. The Labute approximate surface area is 318 Å². The molecule has 7 aromatic carbocycles. The molecule has 0 fully saturated rings. The number of thiophene rings is 1. The Kier molecular flexibility index (Phi) is 3.61. The molecule has 0 aliphatic heterocycles. The zero-order valence-electron chi connectivity index (χ0n) is 42.0. The molecule has 0 aliphatic rings. The van der Waals surface area contributed by atoms with Crippen LogP contribution in [0, 0.1) is 0 Å². The van der Waals surface area contributed by atoms with Gasteiger partial charge in [0, 0.05) is 47.3 Å². The highest BCUT2D eigenvalue weighted by atomic mass is 32.1. The lowest BCUT2D eigenvalue weighted by molar-refractivity contribution is 0.893. The molecule has 0 aliphatic carbocycles. The summed E-state index contributed by atoms with van der Waals surface area (Å²) < 4.78 is 146. The van der Waals surface area contributed by atoms with Crippen molar-refractivity contribution in [3.05, 3.63) is 163 Å². The van der Waals surface area contributed by atoms with E-state index in [1.165, 1.54) is 11.3 Å². The van der Waals surface area contributed by atoms with Gasteiger partial charge in [0.15, 0.2) is 5.82 Å². The van der Waals surface area contributed by atoms with Crippen molar-refractivity contribution in [2.75, 3.05) is 0 Å². The van der Waals surface area contributed by atoms with Crippen molar-refractivity contribution >= 4 is 75.1 Å². The van der Waals surface area contributed by atoms with Crippen LogP contribution in [0.1, 0.15) is 21.9 Å². The van der Waals surface area contributed by atoms with Gasteiger partial charge in [-0.2, -0.15) is 15.0 Å². The van der Waals surface area contributed by atoms with Crippen molar-refractivity contribution in [3.63, 3.8) is 0 Å². The first-order valence-electron chi connectivity index (χ1n) is 23.7. The summed E-state index contributed by atoms with van der Waals surface area (Å²) in [6.07, 6.45) is 0. The summed E-state index contributed by atoms with van der Waals surface area (Å²) in [6, 6.07) is 10.8. The van der Waals surface area contributed by atoms with E-state index in [0.717, 1.165) is 35.7 Å². The fourth-order valence-electron chi connectivity index (χ4n) is 6.80. The molecule has 0 spiro atoms. The van der Waals surface area contributed by atoms with E-state index in [4.69, 9.17) is 31.4 Å². The number of para-hydroxylation sites is 4. The quantitative estimate of drug-likeness (QED) is 0.185. The van der Waals surface area contributed by atoms with Crippen molar-refractivity contribution < 1.29 is 21.9 Å². The summed E-state index contributed by atoms with van der Waals surface area (Å²) in [5.41, 5.74) is 1.07. The van der Waals surface area contributed by atoms with Crippen molar-refractivity contribution in [3.8, 4) is 34.4 Å². The first-order valence-corrected chi connectivity index (χ1v) is 16.6. The molecule has 238 valence electrons. The third kappa shape index (κ3) is 4.17. The maximum absolute atomic E-state index is 9.20. The molecule has 4 heterocycles.